The average molecular weight is 207 g/mol. The van der Waals surface area contributed by atoms with Gasteiger partial charge in [-0.25, -0.2) is 0 Å². The lowest BCUT2D eigenvalue weighted by Gasteiger charge is -2.04. The van der Waals surface area contributed by atoms with Crippen LogP contribution in [-0.4, -0.2) is 18.1 Å². The van der Waals surface area contributed by atoms with Crippen molar-refractivity contribution in [1.29, 1.82) is 0 Å². The number of nitrogens with two attached hydrogens (primary N) is 1. The maximum atomic E-state index is 5.39. The van der Waals surface area contributed by atoms with Gasteiger partial charge in [0.05, 0.1) is 5.69 Å². The minimum absolute atomic E-state index is 0.675. The molecule has 3 heteroatoms. The zero-order chi connectivity index (χ0) is 10.9. The lowest BCUT2D eigenvalue weighted by atomic mass is 10.1. The normalized spacial score (nSPS) is 10.5. The second-order valence-corrected chi connectivity index (χ2v) is 3.73. The Morgan fingerprint density at radius 2 is 2.27 bits per heavy atom. The number of hydrogen-bond donors (Lipinski definition) is 2. The van der Waals surface area contributed by atoms with Crippen LogP contribution in [-0.2, 0) is 13.0 Å². The van der Waals surface area contributed by atoms with Gasteiger partial charge in [-0.2, -0.15) is 0 Å². The Morgan fingerprint density at radius 1 is 1.40 bits per heavy atom. The molecule has 0 aliphatic rings. The highest BCUT2D eigenvalue weighted by atomic mass is 14.9. The Hall–Kier alpha value is -0.930. The van der Waals surface area contributed by atoms with Crippen LogP contribution >= 0.6 is 0 Å². The quantitative estimate of drug-likeness (QED) is 0.666. The zero-order valence-electron chi connectivity index (χ0n) is 9.50. The number of nitrogens with one attached hydrogen (secondary N) is 1. The molecule has 0 aromatic carbocycles. The molecule has 0 saturated carbocycles. The van der Waals surface area contributed by atoms with Crippen LogP contribution in [0, 0.1) is 0 Å². The Labute approximate surface area is 92.1 Å². The number of unbranched alkanes of at least 4 members (excludes halogenated alkanes) is 1. The summed E-state index contributed by atoms with van der Waals surface area (Å²) >= 11 is 0. The molecule has 0 radical (unpaired) electrons. The summed E-state index contributed by atoms with van der Waals surface area (Å²) in [7, 11) is 0. The van der Waals surface area contributed by atoms with E-state index in [0.717, 1.165) is 25.2 Å². The highest BCUT2D eigenvalue weighted by Gasteiger charge is 1.95. The second-order valence-electron chi connectivity index (χ2n) is 3.73. The first-order chi connectivity index (χ1) is 7.36. The van der Waals surface area contributed by atoms with E-state index in [9.17, 15) is 0 Å². The van der Waals surface area contributed by atoms with Gasteiger partial charge in [0.25, 0.3) is 0 Å². The molecular weight excluding hydrogens is 186 g/mol. The molecule has 0 saturated heterocycles. The molecule has 0 aliphatic heterocycles. The molecule has 3 N–H and O–H groups in total. The van der Waals surface area contributed by atoms with E-state index in [1.54, 1.807) is 0 Å². The van der Waals surface area contributed by atoms with Crippen LogP contribution in [0.1, 0.15) is 31.0 Å². The molecule has 1 aromatic heterocycles. The van der Waals surface area contributed by atoms with Crippen molar-refractivity contribution in [2.24, 2.45) is 5.73 Å². The van der Waals surface area contributed by atoms with Gasteiger partial charge in [0.15, 0.2) is 0 Å². The van der Waals surface area contributed by atoms with E-state index in [0.29, 0.717) is 6.54 Å². The van der Waals surface area contributed by atoms with Crippen molar-refractivity contribution in [2.45, 2.75) is 32.7 Å². The second kappa shape index (κ2) is 7.37. The summed E-state index contributed by atoms with van der Waals surface area (Å²) < 4.78 is 0. The van der Waals surface area contributed by atoms with Crippen molar-refractivity contribution >= 4 is 0 Å². The fourth-order valence-corrected chi connectivity index (χ4v) is 1.41. The zero-order valence-corrected chi connectivity index (χ0v) is 9.50. The molecule has 0 amide bonds. The molecule has 0 fully saturated rings. The van der Waals surface area contributed by atoms with Crippen molar-refractivity contribution in [3.05, 3.63) is 29.6 Å². The van der Waals surface area contributed by atoms with Gasteiger partial charge in [0, 0.05) is 25.8 Å². The van der Waals surface area contributed by atoms with E-state index in [2.05, 4.69) is 29.4 Å². The van der Waals surface area contributed by atoms with Crippen molar-refractivity contribution in [1.82, 2.24) is 10.3 Å². The van der Waals surface area contributed by atoms with E-state index in [-0.39, 0.29) is 0 Å². The summed E-state index contributed by atoms with van der Waals surface area (Å²) in [5.41, 5.74) is 7.81. The topological polar surface area (TPSA) is 50.9 Å². The molecular formula is C12H21N3. The molecule has 84 valence electrons. The summed E-state index contributed by atoms with van der Waals surface area (Å²) in [6, 6.07) is 4.26. The maximum absolute atomic E-state index is 5.39. The third-order valence-corrected chi connectivity index (χ3v) is 2.33. The molecule has 0 atom stereocenters. The van der Waals surface area contributed by atoms with Gasteiger partial charge in [-0.05, 0) is 24.5 Å². The van der Waals surface area contributed by atoms with E-state index < -0.39 is 0 Å². The summed E-state index contributed by atoms with van der Waals surface area (Å²) in [4.78, 5) is 4.40. The first-order valence-electron chi connectivity index (χ1n) is 5.71. The third-order valence-electron chi connectivity index (χ3n) is 2.33. The molecule has 1 rings (SSSR count). The number of aryl methyl sites for hydroxylation is 1. The van der Waals surface area contributed by atoms with Crippen LogP contribution in [0.15, 0.2) is 18.3 Å². The maximum Gasteiger partial charge on any atom is 0.0541 e. The molecule has 1 aromatic rings. The van der Waals surface area contributed by atoms with Crippen LogP contribution in [0.4, 0.5) is 0 Å². The predicted octanol–water partition coefficient (Wildman–Crippen LogP) is 1.47. The van der Waals surface area contributed by atoms with Crippen molar-refractivity contribution < 1.29 is 0 Å². The van der Waals surface area contributed by atoms with Gasteiger partial charge in [-0.15, -0.1) is 0 Å². The average Bonchev–Trinajstić information content (AvgIpc) is 2.28. The molecule has 15 heavy (non-hydrogen) atoms. The molecule has 0 unspecified atom stereocenters. The third kappa shape index (κ3) is 4.91. The SMILES string of the molecule is CCCCc1ccc(CNCCN)nc1. The standard InChI is InChI=1S/C12H21N3/c1-2-3-4-11-5-6-12(15-9-11)10-14-8-7-13/h5-6,9,14H,2-4,7-8,10,13H2,1H3. The molecule has 0 aliphatic carbocycles. The lowest BCUT2D eigenvalue weighted by Crippen LogP contribution is -2.22. The van der Waals surface area contributed by atoms with Gasteiger partial charge in [0.2, 0.25) is 0 Å². The molecule has 1 heterocycles. The largest absolute Gasteiger partial charge is 0.329 e. The summed E-state index contributed by atoms with van der Waals surface area (Å²) in [6.07, 6.45) is 5.60. The molecule has 3 nitrogen and oxygen atoms in total. The van der Waals surface area contributed by atoms with Crippen LogP contribution in [0.2, 0.25) is 0 Å². The van der Waals surface area contributed by atoms with Crippen molar-refractivity contribution in [3.63, 3.8) is 0 Å². The van der Waals surface area contributed by atoms with Crippen molar-refractivity contribution in [3.8, 4) is 0 Å². The smallest absolute Gasteiger partial charge is 0.0541 e. The Balaban J connectivity index is 2.35. The van der Waals surface area contributed by atoms with Gasteiger partial charge in [0.1, 0.15) is 0 Å². The van der Waals surface area contributed by atoms with Gasteiger partial charge in [-0.1, -0.05) is 19.4 Å². The molecule has 0 bridgehead atoms. The first kappa shape index (κ1) is 12.1. The monoisotopic (exact) mass is 207 g/mol. The Kier molecular flexibility index (Phi) is 5.97. The van der Waals surface area contributed by atoms with Crippen molar-refractivity contribution in [2.75, 3.05) is 13.1 Å². The number of nitrogens with zero attached hydrogens (tertiary/aromatic N) is 1. The summed E-state index contributed by atoms with van der Waals surface area (Å²) in [5, 5.41) is 3.23. The Bertz CT molecular complexity index is 256. The van der Waals surface area contributed by atoms with Crippen LogP contribution in [0.5, 0.6) is 0 Å². The number of pyridine rings is 1. The molecule has 0 spiro atoms. The number of rotatable bonds is 7. The predicted molar refractivity (Wildman–Crippen MR) is 63.6 cm³/mol. The van der Waals surface area contributed by atoms with Crippen LogP contribution < -0.4 is 11.1 Å². The number of aromatic nitrogens is 1. The van der Waals surface area contributed by atoms with E-state index in [1.165, 1.54) is 18.4 Å². The van der Waals surface area contributed by atoms with Crippen LogP contribution in [0.25, 0.3) is 0 Å². The van der Waals surface area contributed by atoms with Crippen LogP contribution in [0.3, 0.4) is 0 Å². The van der Waals surface area contributed by atoms with Gasteiger partial charge >= 0.3 is 0 Å². The fraction of sp³-hybridized carbons (Fsp3) is 0.583. The van der Waals surface area contributed by atoms with E-state index in [1.807, 2.05) is 6.20 Å². The highest BCUT2D eigenvalue weighted by Crippen LogP contribution is 2.04. The minimum Gasteiger partial charge on any atom is -0.329 e. The fourth-order valence-electron chi connectivity index (χ4n) is 1.41. The first-order valence-corrected chi connectivity index (χ1v) is 5.71. The number of hydrogen-bond acceptors (Lipinski definition) is 3. The highest BCUT2D eigenvalue weighted by molar-refractivity contribution is 5.14. The summed E-state index contributed by atoms with van der Waals surface area (Å²) in [6.45, 7) is 4.54. The Morgan fingerprint density at radius 3 is 2.87 bits per heavy atom. The summed E-state index contributed by atoms with van der Waals surface area (Å²) in [5.74, 6) is 0. The minimum atomic E-state index is 0.675. The van der Waals surface area contributed by atoms with Gasteiger partial charge < -0.3 is 11.1 Å². The van der Waals surface area contributed by atoms with E-state index in [4.69, 9.17) is 5.73 Å². The van der Waals surface area contributed by atoms with E-state index >= 15 is 0 Å². The van der Waals surface area contributed by atoms with Gasteiger partial charge in [-0.3, -0.25) is 4.98 Å². The lowest BCUT2D eigenvalue weighted by molar-refractivity contribution is 0.681.